The molecule has 0 aliphatic carbocycles. The van der Waals surface area contributed by atoms with Crippen LogP contribution < -0.4 is 0 Å². The highest BCUT2D eigenvalue weighted by Gasteiger charge is 2.17. The lowest BCUT2D eigenvalue weighted by Crippen LogP contribution is -1.89. The maximum atomic E-state index is 11.1. The summed E-state index contributed by atoms with van der Waals surface area (Å²) in [5, 5.41) is 22.0. The van der Waals surface area contributed by atoms with E-state index < -0.39 is 9.85 Å². The van der Waals surface area contributed by atoms with Crippen LogP contribution in [-0.4, -0.2) is 19.8 Å². The smallest absolute Gasteiger partial charge is 0.270 e. The Bertz CT molecular complexity index is 1200. The van der Waals surface area contributed by atoms with E-state index in [1.165, 1.54) is 24.3 Å². The summed E-state index contributed by atoms with van der Waals surface area (Å²) < 4.78 is 0. The van der Waals surface area contributed by atoms with Gasteiger partial charge in [0, 0.05) is 41.0 Å². The Morgan fingerprint density at radius 1 is 0.690 bits per heavy atom. The lowest BCUT2D eigenvalue weighted by molar-refractivity contribution is -0.385. The number of nitro groups is 2. The Morgan fingerprint density at radius 2 is 1.34 bits per heavy atom. The van der Waals surface area contributed by atoms with Crippen molar-refractivity contribution < 1.29 is 9.85 Å². The second-order valence-electron chi connectivity index (χ2n) is 6.29. The molecule has 0 aliphatic rings. The zero-order chi connectivity index (χ0) is 20.4. The Morgan fingerprint density at radius 3 is 2.00 bits per heavy atom. The van der Waals surface area contributed by atoms with Gasteiger partial charge in [-0.2, -0.15) is 0 Å². The Labute approximate surface area is 164 Å². The first kappa shape index (κ1) is 18.1. The quantitative estimate of drug-likeness (QED) is 0.373. The minimum atomic E-state index is -0.457. The van der Waals surface area contributed by atoms with Crippen LogP contribution in [0.5, 0.6) is 0 Å². The van der Waals surface area contributed by atoms with Crippen LogP contribution >= 0.6 is 0 Å². The molecule has 3 aromatic carbocycles. The van der Waals surface area contributed by atoms with Crippen molar-refractivity contribution >= 4 is 11.4 Å². The normalized spacial score (nSPS) is 10.6. The average Bonchev–Trinajstić information content (AvgIpc) is 3.20. The lowest BCUT2D eigenvalue weighted by Gasteiger charge is -2.03. The number of aromatic amines is 1. The molecule has 0 aliphatic heterocycles. The summed E-state index contributed by atoms with van der Waals surface area (Å²) in [6.07, 6.45) is 0. The number of benzene rings is 3. The molecule has 8 heteroatoms. The number of hydrogen-bond acceptors (Lipinski definition) is 5. The van der Waals surface area contributed by atoms with Gasteiger partial charge in [0.1, 0.15) is 5.82 Å². The van der Waals surface area contributed by atoms with E-state index in [2.05, 4.69) is 9.97 Å². The van der Waals surface area contributed by atoms with Crippen LogP contribution in [0, 0.1) is 20.2 Å². The van der Waals surface area contributed by atoms with E-state index >= 15 is 0 Å². The standard InChI is InChI=1S/C21H14N4O4/c26-24(27)17-11-9-15(10-12-17)20-19(14-5-2-1-3-6-14)22-21(23-20)16-7-4-8-18(13-16)25(28)29/h1-13H,(H,22,23). The maximum absolute atomic E-state index is 11.1. The molecular weight excluding hydrogens is 372 g/mol. The van der Waals surface area contributed by atoms with Gasteiger partial charge in [-0.05, 0) is 12.1 Å². The molecule has 29 heavy (non-hydrogen) atoms. The predicted octanol–water partition coefficient (Wildman–Crippen LogP) is 5.23. The minimum Gasteiger partial charge on any atom is -0.337 e. The van der Waals surface area contributed by atoms with Gasteiger partial charge in [-0.15, -0.1) is 0 Å². The first-order valence-electron chi connectivity index (χ1n) is 8.68. The summed E-state index contributed by atoms with van der Waals surface area (Å²) in [4.78, 5) is 29.0. The molecule has 0 radical (unpaired) electrons. The molecule has 0 saturated carbocycles. The number of H-pyrrole nitrogens is 1. The van der Waals surface area contributed by atoms with E-state index in [0.29, 0.717) is 22.8 Å². The van der Waals surface area contributed by atoms with Gasteiger partial charge < -0.3 is 4.98 Å². The Balaban J connectivity index is 1.87. The van der Waals surface area contributed by atoms with Crippen molar-refractivity contribution in [1.82, 2.24) is 9.97 Å². The Hall–Kier alpha value is -4.33. The molecule has 0 amide bonds. The van der Waals surface area contributed by atoms with Crippen LogP contribution in [0.25, 0.3) is 33.9 Å². The van der Waals surface area contributed by atoms with Crippen LogP contribution in [0.2, 0.25) is 0 Å². The van der Waals surface area contributed by atoms with Crippen molar-refractivity contribution in [3.63, 3.8) is 0 Å². The van der Waals surface area contributed by atoms with Gasteiger partial charge in [-0.25, -0.2) is 4.98 Å². The largest absolute Gasteiger partial charge is 0.337 e. The van der Waals surface area contributed by atoms with Crippen LogP contribution in [0.4, 0.5) is 11.4 Å². The number of rotatable bonds is 5. The van der Waals surface area contributed by atoms with Crippen LogP contribution in [0.3, 0.4) is 0 Å². The van der Waals surface area contributed by atoms with E-state index in [9.17, 15) is 20.2 Å². The molecule has 1 aromatic heterocycles. The molecule has 0 unspecified atom stereocenters. The fourth-order valence-corrected chi connectivity index (χ4v) is 3.04. The number of aromatic nitrogens is 2. The van der Waals surface area contributed by atoms with Gasteiger partial charge in [0.2, 0.25) is 0 Å². The molecule has 8 nitrogen and oxygen atoms in total. The molecule has 4 aromatic rings. The fraction of sp³-hybridized carbons (Fsp3) is 0. The average molecular weight is 386 g/mol. The van der Waals surface area contributed by atoms with Crippen molar-refractivity contribution in [1.29, 1.82) is 0 Å². The monoisotopic (exact) mass is 386 g/mol. The van der Waals surface area contributed by atoms with Gasteiger partial charge in [0.25, 0.3) is 11.4 Å². The van der Waals surface area contributed by atoms with E-state index in [-0.39, 0.29) is 11.4 Å². The number of imidazole rings is 1. The van der Waals surface area contributed by atoms with Crippen molar-refractivity contribution in [3.05, 3.63) is 99.1 Å². The molecule has 4 rings (SSSR count). The van der Waals surface area contributed by atoms with Gasteiger partial charge in [0.05, 0.1) is 21.2 Å². The third-order valence-corrected chi connectivity index (χ3v) is 4.45. The van der Waals surface area contributed by atoms with Crippen molar-refractivity contribution in [2.75, 3.05) is 0 Å². The molecule has 0 spiro atoms. The summed E-state index contributed by atoms with van der Waals surface area (Å²) >= 11 is 0. The van der Waals surface area contributed by atoms with Crippen molar-refractivity contribution in [3.8, 4) is 33.9 Å². The van der Waals surface area contributed by atoms with Gasteiger partial charge in [-0.3, -0.25) is 20.2 Å². The van der Waals surface area contributed by atoms with E-state index in [1.807, 2.05) is 30.3 Å². The molecule has 0 fully saturated rings. The van der Waals surface area contributed by atoms with E-state index in [0.717, 1.165) is 11.1 Å². The van der Waals surface area contributed by atoms with Gasteiger partial charge in [0.15, 0.2) is 0 Å². The maximum Gasteiger partial charge on any atom is 0.270 e. The molecule has 0 bridgehead atoms. The highest BCUT2D eigenvalue weighted by atomic mass is 16.6. The van der Waals surface area contributed by atoms with E-state index in [1.54, 1.807) is 24.3 Å². The summed E-state index contributed by atoms with van der Waals surface area (Å²) in [5.74, 6) is 0.473. The summed E-state index contributed by atoms with van der Waals surface area (Å²) in [5.41, 5.74) is 3.44. The third kappa shape index (κ3) is 3.59. The molecule has 0 saturated heterocycles. The van der Waals surface area contributed by atoms with Crippen LogP contribution in [0.1, 0.15) is 0 Å². The fourth-order valence-electron chi connectivity index (χ4n) is 3.04. The van der Waals surface area contributed by atoms with Crippen molar-refractivity contribution in [2.24, 2.45) is 0 Å². The molecule has 0 atom stereocenters. The Kier molecular flexibility index (Phi) is 4.58. The highest BCUT2D eigenvalue weighted by molar-refractivity contribution is 5.81. The summed E-state index contributed by atoms with van der Waals surface area (Å²) in [6, 6.07) is 21.8. The van der Waals surface area contributed by atoms with Crippen LogP contribution in [0.15, 0.2) is 78.9 Å². The second-order valence-corrected chi connectivity index (χ2v) is 6.29. The predicted molar refractivity (Wildman–Crippen MR) is 108 cm³/mol. The summed E-state index contributed by atoms with van der Waals surface area (Å²) in [7, 11) is 0. The third-order valence-electron chi connectivity index (χ3n) is 4.45. The van der Waals surface area contributed by atoms with Crippen LogP contribution in [-0.2, 0) is 0 Å². The SMILES string of the molecule is O=[N+]([O-])c1ccc(-c2[nH]c(-c3cccc([N+](=O)[O-])c3)nc2-c2ccccc2)cc1. The number of nitro benzene ring substituents is 2. The zero-order valence-corrected chi connectivity index (χ0v) is 15.0. The van der Waals surface area contributed by atoms with E-state index in [4.69, 9.17) is 0 Å². The molecule has 1 heterocycles. The topological polar surface area (TPSA) is 115 Å². The molecule has 142 valence electrons. The zero-order valence-electron chi connectivity index (χ0n) is 15.0. The summed E-state index contributed by atoms with van der Waals surface area (Å²) in [6.45, 7) is 0. The second kappa shape index (κ2) is 7.35. The lowest BCUT2D eigenvalue weighted by atomic mass is 10.0. The number of hydrogen-bond donors (Lipinski definition) is 1. The van der Waals surface area contributed by atoms with Gasteiger partial charge >= 0.3 is 0 Å². The molecule has 1 N–H and O–H groups in total. The minimum absolute atomic E-state index is 0.00608. The number of nitrogens with one attached hydrogen (secondary N) is 1. The first-order valence-corrected chi connectivity index (χ1v) is 8.68. The number of nitrogens with zero attached hydrogens (tertiary/aromatic N) is 3. The van der Waals surface area contributed by atoms with Gasteiger partial charge in [-0.1, -0.05) is 42.5 Å². The first-order chi connectivity index (χ1) is 14.0. The van der Waals surface area contributed by atoms with Crippen molar-refractivity contribution in [2.45, 2.75) is 0 Å². The highest BCUT2D eigenvalue weighted by Crippen LogP contribution is 2.34. The number of non-ortho nitro benzene ring substituents is 2. The molecular formula is C21H14N4O4.